The van der Waals surface area contributed by atoms with Gasteiger partial charge in [0.2, 0.25) is 0 Å². The standard InChI is InChI=1S/C20H9Cl2F3N4O/c21-12-4-5-13(16(22)7-12)17-14(8-26)18-27-9-15(19(30)29(18)28-17)10-2-1-3-11(6-10)20(23,24)25/h1-7,9,27H. The van der Waals surface area contributed by atoms with Gasteiger partial charge in [0.15, 0.2) is 5.65 Å². The van der Waals surface area contributed by atoms with Crippen LogP contribution in [0.2, 0.25) is 10.0 Å². The fraction of sp³-hybridized carbons (Fsp3) is 0.0500. The molecule has 4 aromatic rings. The van der Waals surface area contributed by atoms with Gasteiger partial charge < -0.3 is 4.98 Å². The Bertz CT molecular complexity index is 1400. The Labute approximate surface area is 176 Å². The summed E-state index contributed by atoms with van der Waals surface area (Å²) in [7, 11) is 0. The normalized spacial score (nSPS) is 11.6. The van der Waals surface area contributed by atoms with Gasteiger partial charge in [0, 0.05) is 16.8 Å². The molecule has 2 aromatic carbocycles. The molecule has 4 rings (SSSR count). The van der Waals surface area contributed by atoms with Crippen LogP contribution in [0.5, 0.6) is 0 Å². The number of hydrogen-bond acceptors (Lipinski definition) is 3. The SMILES string of the molecule is N#Cc1c(-c2ccc(Cl)cc2Cl)nn2c(=O)c(-c3cccc(C(F)(F)F)c3)c[nH]c12. The minimum atomic E-state index is -4.55. The van der Waals surface area contributed by atoms with Crippen molar-refractivity contribution in [2.24, 2.45) is 0 Å². The molecule has 5 nitrogen and oxygen atoms in total. The first-order valence-electron chi connectivity index (χ1n) is 8.38. The molecule has 2 aromatic heterocycles. The van der Waals surface area contributed by atoms with Gasteiger partial charge in [0.1, 0.15) is 17.3 Å². The summed E-state index contributed by atoms with van der Waals surface area (Å²) in [4.78, 5) is 15.8. The van der Waals surface area contributed by atoms with Crippen LogP contribution in [-0.2, 0) is 6.18 Å². The van der Waals surface area contributed by atoms with Crippen LogP contribution in [0.1, 0.15) is 11.1 Å². The fourth-order valence-corrected chi connectivity index (χ4v) is 3.56. The van der Waals surface area contributed by atoms with E-state index in [2.05, 4.69) is 10.1 Å². The van der Waals surface area contributed by atoms with E-state index in [-0.39, 0.29) is 33.1 Å². The second-order valence-electron chi connectivity index (χ2n) is 6.31. The van der Waals surface area contributed by atoms with Crippen LogP contribution in [0.25, 0.3) is 28.0 Å². The van der Waals surface area contributed by atoms with Gasteiger partial charge in [-0.15, -0.1) is 0 Å². The molecule has 0 aliphatic carbocycles. The number of nitriles is 1. The largest absolute Gasteiger partial charge is 0.416 e. The summed E-state index contributed by atoms with van der Waals surface area (Å²) in [6.45, 7) is 0. The Balaban J connectivity index is 1.95. The van der Waals surface area contributed by atoms with Crippen LogP contribution in [0.4, 0.5) is 13.2 Å². The molecular weight excluding hydrogens is 440 g/mol. The zero-order chi connectivity index (χ0) is 21.6. The zero-order valence-corrected chi connectivity index (χ0v) is 16.3. The number of halogens is 5. The third-order valence-corrected chi connectivity index (χ3v) is 5.01. The lowest BCUT2D eigenvalue weighted by molar-refractivity contribution is -0.137. The first-order valence-corrected chi connectivity index (χ1v) is 9.14. The summed E-state index contributed by atoms with van der Waals surface area (Å²) < 4.78 is 40.0. The van der Waals surface area contributed by atoms with Gasteiger partial charge in [-0.2, -0.15) is 28.0 Å². The molecule has 10 heteroatoms. The number of aromatic amines is 1. The van der Waals surface area contributed by atoms with Gasteiger partial charge >= 0.3 is 6.18 Å². The van der Waals surface area contributed by atoms with Crippen LogP contribution in [-0.4, -0.2) is 14.6 Å². The topological polar surface area (TPSA) is 74.0 Å². The Kier molecular flexibility index (Phi) is 4.80. The molecule has 0 fully saturated rings. The highest BCUT2D eigenvalue weighted by atomic mass is 35.5. The lowest BCUT2D eigenvalue weighted by Crippen LogP contribution is -2.17. The van der Waals surface area contributed by atoms with Crippen molar-refractivity contribution in [2.75, 3.05) is 0 Å². The first-order chi connectivity index (χ1) is 14.2. The van der Waals surface area contributed by atoms with E-state index in [9.17, 15) is 23.2 Å². The molecule has 0 radical (unpaired) electrons. The average molecular weight is 449 g/mol. The van der Waals surface area contributed by atoms with Crippen molar-refractivity contribution in [1.82, 2.24) is 14.6 Å². The third kappa shape index (κ3) is 3.32. The van der Waals surface area contributed by atoms with E-state index in [4.69, 9.17) is 23.2 Å². The van der Waals surface area contributed by atoms with Crippen molar-refractivity contribution < 1.29 is 13.2 Å². The molecule has 2 heterocycles. The highest BCUT2D eigenvalue weighted by Crippen LogP contribution is 2.33. The maximum absolute atomic E-state index is 13.0. The Morgan fingerprint density at radius 1 is 1.10 bits per heavy atom. The molecule has 0 saturated heterocycles. The maximum atomic E-state index is 13.0. The molecular formula is C20H9Cl2F3N4O. The number of nitrogens with zero attached hydrogens (tertiary/aromatic N) is 3. The van der Waals surface area contributed by atoms with Gasteiger partial charge in [-0.3, -0.25) is 4.79 Å². The second-order valence-corrected chi connectivity index (χ2v) is 7.15. The molecule has 150 valence electrons. The lowest BCUT2D eigenvalue weighted by Gasteiger charge is -2.08. The van der Waals surface area contributed by atoms with Crippen molar-refractivity contribution in [3.63, 3.8) is 0 Å². The highest BCUT2D eigenvalue weighted by molar-refractivity contribution is 6.36. The molecule has 0 aliphatic heterocycles. The average Bonchev–Trinajstić information content (AvgIpc) is 3.07. The van der Waals surface area contributed by atoms with Gasteiger partial charge in [0.05, 0.1) is 16.1 Å². The number of nitrogens with one attached hydrogen (secondary N) is 1. The molecule has 0 amide bonds. The summed E-state index contributed by atoms with van der Waals surface area (Å²) in [5.41, 5.74) is -0.848. The quantitative estimate of drug-likeness (QED) is 0.436. The van der Waals surface area contributed by atoms with Crippen LogP contribution >= 0.6 is 23.2 Å². The number of fused-ring (bicyclic) bond motifs is 1. The Morgan fingerprint density at radius 2 is 1.87 bits per heavy atom. The van der Waals surface area contributed by atoms with Crippen molar-refractivity contribution >= 4 is 28.8 Å². The number of alkyl halides is 3. The van der Waals surface area contributed by atoms with Crippen LogP contribution in [0, 0.1) is 11.3 Å². The molecule has 0 aliphatic rings. The molecule has 0 bridgehead atoms. The summed E-state index contributed by atoms with van der Waals surface area (Å²) >= 11 is 12.1. The van der Waals surface area contributed by atoms with Crippen molar-refractivity contribution in [1.29, 1.82) is 5.26 Å². The van der Waals surface area contributed by atoms with E-state index in [1.807, 2.05) is 6.07 Å². The predicted molar refractivity (Wildman–Crippen MR) is 106 cm³/mol. The minimum Gasteiger partial charge on any atom is -0.345 e. The highest BCUT2D eigenvalue weighted by Gasteiger charge is 2.30. The number of hydrogen-bond donors (Lipinski definition) is 1. The van der Waals surface area contributed by atoms with E-state index in [1.54, 1.807) is 12.1 Å². The molecule has 0 spiro atoms. The number of H-pyrrole nitrogens is 1. The Morgan fingerprint density at radius 3 is 2.53 bits per heavy atom. The predicted octanol–water partition coefficient (Wildman–Crippen LogP) is 5.55. The minimum absolute atomic E-state index is 0.0330. The molecule has 0 unspecified atom stereocenters. The van der Waals surface area contributed by atoms with E-state index in [1.165, 1.54) is 24.4 Å². The van der Waals surface area contributed by atoms with E-state index in [0.29, 0.717) is 10.6 Å². The van der Waals surface area contributed by atoms with Gasteiger partial charge in [-0.25, -0.2) is 0 Å². The number of aromatic nitrogens is 3. The summed E-state index contributed by atoms with van der Waals surface area (Å²) in [5, 5.41) is 14.4. The van der Waals surface area contributed by atoms with Gasteiger partial charge in [0.25, 0.3) is 5.56 Å². The summed E-state index contributed by atoms with van der Waals surface area (Å²) in [6, 6.07) is 11.0. The number of rotatable bonds is 2. The third-order valence-electron chi connectivity index (χ3n) is 4.46. The van der Waals surface area contributed by atoms with Crippen LogP contribution in [0.3, 0.4) is 0 Å². The second kappa shape index (κ2) is 7.20. The lowest BCUT2D eigenvalue weighted by atomic mass is 10.1. The van der Waals surface area contributed by atoms with Crippen molar-refractivity contribution in [3.05, 3.63) is 80.2 Å². The zero-order valence-electron chi connectivity index (χ0n) is 14.8. The smallest absolute Gasteiger partial charge is 0.345 e. The van der Waals surface area contributed by atoms with Crippen LogP contribution < -0.4 is 5.56 Å². The monoisotopic (exact) mass is 448 g/mol. The summed E-state index contributed by atoms with van der Waals surface area (Å²) in [5.74, 6) is 0. The Hall–Kier alpha value is -3.28. The molecule has 0 atom stereocenters. The van der Waals surface area contributed by atoms with E-state index in [0.717, 1.165) is 16.6 Å². The van der Waals surface area contributed by atoms with Crippen LogP contribution in [0.15, 0.2) is 53.5 Å². The molecule has 1 N–H and O–H groups in total. The number of benzene rings is 2. The van der Waals surface area contributed by atoms with Gasteiger partial charge in [-0.05, 0) is 35.9 Å². The fourth-order valence-electron chi connectivity index (χ4n) is 3.06. The molecule has 0 saturated carbocycles. The van der Waals surface area contributed by atoms with Crippen molar-refractivity contribution in [3.8, 4) is 28.5 Å². The van der Waals surface area contributed by atoms with E-state index >= 15 is 0 Å². The maximum Gasteiger partial charge on any atom is 0.416 e. The van der Waals surface area contributed by atoms with Crippen molar-refractivity contribution in [2.45, 2.75) is 6.18 Å². The summed E-state index contributed by atoms with van der Waals surface area (Å²) in [6.07, 6.45) is -3.30. The van der Waals surface area contributed by atoms with E-state index < -0.39 is 17.3 Å². The van der Waals surface area contributed by atoms with Gasteiger partial charge in [-0.1, -0.05) is 35.3 Å². The molecule has 30 heavy (non-hydrogen) atoms. The first kappa shape index (κ1) is 20.0.